The van der Waals surface area contributed by atoms with E-state index in [4.69, 9.17) is 0 Å². The third kappa shape index (κ3) is 3.28. The first kappa shape index (κ1) is 13.5. The first-order valence-electron chi connectivity index (χ1n) is 6.53. The van der Waals surface area contributed by atoms with Crippen LogP contribution in [0, 0.1) is 20.8 Å². The fourth-order valence-electron chi connectivity index (χ4n) is 2.36. The molecule has 0 aliphatic rings. The van der Waals surface area contributed by atoms with Crippen molar-refractivity contribution in [3.63, 3.8) is 0 Å². The van der Waals surface area contributed by atoms with Crippen LogP contribution in [0.2, 0.25) is 0 Å². The van der Waals surface area contributed by atoms with Crippen molar-refractivity contribution < 1.29 is 5.11 Å². The molecule has 0 aliphatic carbocycles. The number of phenolic OH excluding ortho intramolecular Hbond substituents is 1. The van der Waals surface area contributed by atoms with Crippen molar-refractivity contribution in [2.75, 3.05) is 11.9 Å². The van der Waals surface area contributed by atoms with E-state index >= 15 is 0 Å². The van der Waals surface area contributed by atoms with Crippen molar-refractivity contribution in [2.45, 2.75) is 27.3 Å². The SMILES string of the molecule is Cc1cc(C)cc(N(C)Cc2cc(C)ccc2O)c1. The van der Waals surface area contributed by atoms with Gasteiger partial charge in [0.15, 0.2) is 0 Å². The minimum absolute atomic E-state index is 0.363. The van der Waals surface area contributed by atoms with Crippen LogP contribution >= 0.6 is 0 Å². The van der Waals surface area contributed by atoms with Gasteiger partial charge < -0.3 is 10.0 Å². The van der Waals surface area contributed by atoms with Gasteiger partial charge in [-0.1, -0.05) is 23.8 Å². The molecule has 1 N–H and O–H groups in total. The molecule has 2 aromatic carbocycles. The first-order chi connectivity index (χ1) is 8.95. The number of phenols is 1. The van der Waals surface area contributed by atoms with Crippen molar-refractivity contribution in [3.05, 3.63) is 58.7 Å². The summed E-state index contributed by atoms with van der Waals surface area (Å²) >= 11 is 0. The minimum Gasteiger partial charge on any atom is -0.508 e. The highest BCUT2D eigenvalue weighted by Crippen LogP contribution is 2.24. The predicted octanol–water partition coefficient (Wildman–Crippen LogP) is 3.95. The summed E-state index contributed by atoms with van der Waals surface area (Å²) in [5, 5.41) is 9.91. The van der Waals surface area contributed by atoms with E-state index in [9.17, 15) is 5.11 Å². The van der Waals surface area contributed by atoms with Crippen LogP contribution in [0.3, 0.4) is 0 Å². The van der Waals surface area contributed by atoms with Gasteiger partial charge >= 0.3 is 0 Å². The molecule has 0 spiro atoms. The van der Waals surface area contributed by atoms with E-state index in [1.807, 2.05) is 19.1 Å². The van der Waals surface area contributed by atoms with E-state index in [2.05, 4.69) is 44.0 Å². The summed E-state index contributed by atoms with van der Waals surface area (Å²) in [6.45, 7) is 6.96. The van der Waals surface area contributed by atoms with Crippen molar-refractivity contribution in [1.29, 1.82) is 0 Å². The van der Waals surface area contributed by atoms with Crippen LogP contribution in [0.15, 0.2) is 36.4 Å². The molecule has 2 nitrogen and oxygen atoms in total. The van der Waals surface area contributed by atoms with Gasteiger partial charge in [-0.25, -0.2) is 0 Å². The molecule has 2 heteroatoms. The number of aromatic hydroxyl groups is 1. The van der Waals surface area contributed by atoms with E-state index in [0.29, 0.717) is 12.3 Å². The van der Waals surface area contributed by atoms with Crippen LogP contribution in [0.25, 0.3) is 0 Å². The van der Waals surface area contributed by atoms with E-state index in [0.717, 1.165) is 5.56 Å². The molecular formula is C17H21NO. The Morgan fingerprint density at radius 3 is 2.16 bits per heavy atom. The van der Waals surface area contributed by atoms with Gasteiger partial charge in [-0.15, -0.1) is 0 Å². The zero-order valence-corrected chi connectivity index (χ0v) is 12.1. The van der Waals surface area contributed by atoms with E-state index < -0.39 is 0 Å². The molecule has 0 bridgehead atoms. The molecular weight excluding hydrogens is 234 g/mol. The lowest BCUT2D eigenvalue weighted by atomic mass is 10.1. The average molecular weight is 255 g/mol. The highest BCUT2D eigenvalue weighted by atomic mass is 16.3. The molecule has 19 heavy (non-hydrogen) atoms. The summed E-state index contributed by atoms with van der Waals surface area (Å²) in [6.07, 6.45) is 0. The summed E-state index contributed by atoms with van der Waals surface area (Å²) in [7, 11) is 2.05. The van der Waals surface area contributed by atoms with E-state index in [-0.39, 0.29) is 0 Å². The summed E-state index contributed by atoms with van der Waals surface area (Å²) in [5.41, 5.74) is 5.83. The quantitative estimate of drug-likeness (QED) is 0.897. The van der Waals surface area contributed by atoms with Crippen LogP contribution in [0.1, 0.15) is 22.3 Å². The van der Waals surface area contributed by atoms with E-state index in [1.54, 1.807) is 6.07 Å². The van der Waals surface area contributed by atoms with Gasteiger partial charge in [0.1, 0.15) is 5.75 Å². The molecule has 0 fully saturated rings. The molecule has 0 aliphatic heterocycles. The molecule has 0 atom stereocenters. The number of aryl methyl sites for hydroxylation is 3. The van der Waals surface area contributed by atoms with Gasteiger partial charge in [0, 0.05) is 24.8 Å². The summed E-state index contributed by atoms with van der Waals surface area (Å²) in [5.74, 6) is 0.363. The largest absolute Gasteiger partial charge is 0.508 e. The normalized spacial score (nSPS) is 10.5. The third-order valence-corrected chi connectivity index (χ3v) is 3.29. The lowest BCUT2D eigenvalue weighted by Crippen LogP contribution is -2.16. The van der Waals surface area contributed by atoms with Gasteiger partial charge in [0.2, 0.25) is 0 Å². The molecule has 0 saturated carbocycles. The zero-order valence-electron chi connectivity index (χ0n) is 12.1. The Labute approximate surface area is 115 Å². The van der Waals surface area contributed by atoms with E-state index in [1.165, 1.54) is 22.4 Å². The fourth-order valence-corrected chi connectivity index (χ4v) is 2.36. The fraction of sp³-hybridized carbons (Fsp3) is 0.294. The molecule has 2 rings (SSSR count). The molecule has 0 unspecified atom stereocenters. The number of anilines is 1. The molecule has 0 aromatic heterocycles. The van der Waals surface area contributed by atoms with Crippen LogP contribution in [0.4, 0.5) is 5.69 Å². The van der Waals surface area contributed by atoms with Gasteiger partial charge in [-0.05, 0) is 50.1 Å². The molecule has 0 heterocycles. The Bertz CT molecular complexity index is 570. The third-order valence-electron chi connectivity index (χ3n) is 3.29. The lowest BCUT2D eigenvalue weighted by molar-refractivity contribution is 0.467. The van der Waals surface area contributed by atoms with Crippen LogP contribution < -0.4 is 4.90 Å². The van der Waals surface area contributed by atoms with Crippen LogP contribution in [-0.2, 0) is 6.54 Å². The number of benzene rings is 2. The Balaban J connectivity index is 2.25. The van der Waals surface area contributed by atoms with Crippen molar-refractivity contribution in [3.8, 4) is 5.75 Å². The monoisotopic (exact) mass is 255 g/mol. The highest BCUT2D eigenvalue weighted by molar-refractivity contribution is 5.51. The number of nitrogens with zero attached hydrogens (tertiary/aromatic N) is 1. The average Bonchev–Trinajstić information content (AvgIpc) is 2.32. The molecule has 100 valence electrons. The maximum atomic E-state index is 9.91. The standard InChI is InChI=1S/C17H21NO/c1-12-5-6-17(19)15(8-12)11-18(4)16-9-13(2)7-14(3)10-16/h5-10,19H,11H2,1-4H3. The molecule has 0 amide bonds. The number of hydrogen-bond acceptors (Lipinski definition) is 2. The van der Waals surface area contributed by atoms with Crippen molar-refractivity contribution in [1.82, 2.24) is 0 Å². The second-order valence-electron chi connectivity index (χ2n) is 5.33. The van der Waals surface area contributed by atoms with Gasteiger partial charge in [0.25, 0.3) is 0 Å². The zero-order chi connectivity index (χ0) is 14.0. The van der Waals surface area contributed by atoms with Crippen LogP contribution in [-0.4, -0.2) is 12.2 Å². The summed E-state index contributed by atoms with van der Waals surface area (Å²) in [6, 6.07) is 12.2. The summed E-state index contributed by atoms with van der Waals surface area (Å²) in [4.78, 5) is 2.16. The summed E-state index contributed by atoms with van der Waals surface area (Å²) < 4.78 is 0. The maximum absolute atomic E-state index is 9.91. The predicted molar refractivity (Wildman–Crippen MR) is 80.9 cm³/mol. The molecule has 2 aromatic rings. The molecule has 0 saturated heterocycles. The Morgan fingerprint density at radius 2 is 1.53 bits per heavy atom. The second kappa shape index (κ2) is 5.35. The molecule has 0 radical (unpaired) electrons. The highest BCUT2D eigenvalue weighted by Gasteiger charge is 2.07. The Morgan fingerprint density at radius 1 is 0.895 bits per heavy atom. The van der Waals surface area contributed by atoms with Crippen molar-refractivity contribution in [2.24, 2.45) is 0 Å². The van der Waals surface area contributed by atoms with Gasteiger partial charge in [-0.2, -0.15) is 0 Å². The van der Waals surface area contributed by atoms with Gasteiger partial charge in [-0.3, -0.25) is 0 Å². The lowest BCUT2D eigenvalue weighted by Gasteiger charge is -2.21. The Kier molecular flexibility index (Phi) is 3.79. The first-order valence-corrected chi connectivity index (χ1v) is 6.53. The minimum atomic E-state index is 0.363. The maximum Gasteiger partial charge on any atom is 0.120 e. The topological polar surface area (TPSA) is 23.5 Å². The van der Waals surface area contributed by atoms with Crippen molar-refractivity contribution >= 4 is 5.69 Å². The number of hydrogen-bond donors (Lipinski definition) is 1. The van der Waals surface area contributed by atoms with Gasteiger partial charge in [0.05, 0.1) is 0 Å². The number of rotatable bonds is 3. The smallest absolute Gasteiger partial charge is 0.120 e. The Hall–Kier alpha value is -1.96. The second-order valence-corrected chi connectivity index (χ2v) is 5.33. The van der Waals surface area contributed by atoms with Crippen LogP contribution in [0.5, 0.6) is 5.75 Å².